The monoisotopic (exact) mass is 448 g/mol. The van der Waals surface area contributed by atoms with E-state index >= 15 is 0 Å². The minimum absolute atomic E-state index is 0. The van der Waals surface area contributed by atoms with Gasteiger partial charge in [0.05, 0.1) is 19.8 Å². The Bertz CT molecular complexity index is 169. The van der Waals surface area contributed by atoms with Crippen molar-refractivity contribution in [1.82, 2.24) is 0 Å². The van der Waals surface area contributed by atoms with Gasteiger partial charge in [0.25, 0.3) is 0 Å². The highest BCUT2D eigenvalue weighted by Crippen LogP contribution is 1.94. The Morgan fingerprint density at radius 3 is 1.38 bits per heavy atom. The zero-order valence-corrected chi connectivity index (χ0v) is 17.8. The quantitative estimate of drug-likeness (QED) is 0.247. The van der Waals surface area contributed by atoms with Gasteiger partial charge in [-0.25, -0.2) is 0 Å². The fraction of sp³-hybridized carbons (Fsp3) is 1.00. The van der Waals surface area contributed by atoms with Crippen molar-refractivity contribution in [2.45, 2.75) is 59.8 Å². The molecule has 0 heterocycles. The first-order valence-corrected chi connectivity index (χ1v) is 10.5. The Kier molecular flexibility index (Phi) is 52.1. The first-order valence-electron chi connectivity index (χ1n) is 9.36. The predicted molar refractivity (Wildman–Crippen MR) is 113 cm³/mol. The van der Waals surface area contributed by atoms with E-state index in [1.165, 1.54) is 0 Å². The Labute approximate surface area is 170 Å². The summed E-state index contributed by atoms with van der Waals surface area (Å²) in [7, 11) is 0. The molecule has 3 N–H and O–H groups in total. The Morgan fingerprint density at radius 1 is 0.577 bits per heavy atom. The fourth-order valence-corrected chi connectivity index (χ4v) is 1.69. The second-order valence-corrected chi connectivity index (χ2v) is 5.78. The van der Waals surface area contributed by atoms with E-state index in [-0.39, 0.29) is 20.6 Å². The van der Waals surface area contributed by atoms with Crippen LogP contribution in [0.15, 0.2) is 0 Å². The van der Waals surface area contributed by atoms with Crippen LogP contribution in [0.1, 0.15) is 59.8 Å². The van der Waals surface area contributed by atoms with E-state index in [2.05, 4.69) is 15.9 Å². The van der Waals surface area contributed by atoms with E-state index in [1.807, 2.05) is 13.8 Å². The van der Waals surface area contributed by atoms with Crippen molar-refractivity contribution in [2.24, 2.45) is 0 Å². The molecule has 0 bridgehead atoms. The number of hydrogen-bond donors (Lipinski definition) is 3. The summed E-state index contributed by atoms with van der Waals surface area (Å²) in [6.07, 6.45) is 5.54. The summed E-state index contributed by atoms with van der Waals surface area (Å²) in [5, 5.41) is 25.8. The molecule has 0 spiro atoms. The molecule has 0 unspecified atom stereocenters. The lowest BCUT2D eigenvalue weighted by Gasteiger charge is -2.03. The SMILES string of the molecule is C.CCOCCBr.CCOCCOCCCCCO.OCCCCCO. The van der Waals surface area contributed by atoms with Crippen LogP contribution in [0.4, 0.5) is 0 Å². The predicted octanol–water partition coefficient (Wildman–Crippen LogP) is 3.40. The lowest BCUT2D eigenvalue weighted by atomic mass is 10.2. The maximum Gasteiger partial charge on any atom is 0.0700 e. The van der Waals surface area contributed by atoms with Gasteiger partial charge in [-0.3, -0.25) is 0 Å². The number of aliphatic hydroxyl groups excluding tert-OH is 3. The van der Waals surface area contributed by atoms with Gasteiger partial charge in [-0.1, -0.05) is 23.4 Å². The van der Waals surface area contributed by atoms with Crippen molar-refractivity contribution in [3.63, 3.8) is 0 Å². The average molecular weight is 449 g/mol. The van der Waals surface area contributed by atoms with E-state index < -0.39 is 0 Å². The molecule has 0 saturated heterocycles. The summed E-state index contributed by atoms with van der Waals surface area (Å²) in [5.74, 6) is 0. The first-order chi connectivity index (χ1) is 12.2. The van der Waals surface area contributed by atoms with Gasteiger partial charge in [0.2, 0.25) is 0 Å². The molecule has 0 aliphatic rings. The van der Waals surface area contributed by atoms with Crippen molar-refractivity contribution in [3.8, 4) is 0 Å². The largest absolute Gasteiger partial charge is 0.396 e. The van der Waals surface area contributed by atoms with Gasteiger partial charge in [0.15, 0.2) is 0 Å². The summed E-state index contributed by atoms with van der Waals surface area (Å²) in [4.78, 5) is 0. The normalized spacial score (nSPS) is 9.46. The fourth-order valence-electron chi connectivity index (χ4n) is 1.46. The summed E-state index contributed by atoms with van der Waals surface area (Å²) in [6, 6.07) is 0. The number of halogens is 1. The molecule has 0 atom stereocenters. The van der Waals surface area contributed by atoms with Gasteiger partial charge in [-0.15, -0.1) is 0 Å². The molecule has 0 fully saturated rings. The molecule has 0 aromatic carbocycles. The zero-order valence-electron chi connectivity index (χ0n) is 16.3. The lowest BCUT2D eigenvalue weighted by Crippen LogP contribution is -2.04. The van der Waals surface area contributed by atoms with Crippen LogP contribution in [-0.4, -0.2) is 80.1 Å². The van der Waals surface area contributed by atoms with E-state index in [9.17, 15) is 0 Å². The van der Waals surface area contributed by atoms with Gasteiger partial charge >= 0.3 is 0 Å². The van der Waals surface area contributed by atoms with Gasteiger partial charge in [-0.05, 0) is 52.4 Å². The Hall–Kier alpha value is 0.240. The standard InChI is InChI=1S/C9H20O3.C5H12O2.C4H9BrO.CH4/c1-2-11-8-9-12-7-5-3-4-6-10;6-4-2-1-3-5-7;1-2-6-4-3-5;/h10H,2-9H2,1H3;6-7H,1-5H2;2-4H2,1H3;1H4. The van der Waals surface area contributed by atoms with Crippen LogP contribution >= 0.6 is 15.9 Å². The molecular weight excluding hydrogens is 404 g/mol. The number of hydrogen-bond acceptors (Lipinski definition) is 6. The van der Waals surface area contributed by atoms with Crippen molar-refractivity contribution in [3.05, 3.63) is 0 Å². The number of unbranched alkanes of at least 4 members (excludes halogenated alkanes) is 4. The molecule has 0 aliphatic heterocycles. The van der Waals surface area contributed by atoms with E-state index in [0.717, 1.165) is 70.3 Å². The third-order valence-corrected chi connectivity index (χ3v) is 3.09. The summed E-state index contributed by atoms with van der Waals surface area (Å²) >= 11 is 3.23. The molecule has 26 heavy (non-hydrogen) atoms. The summed E-state index contributed by atoms with van der Waals surface area (Å²) < 4.78 is 15.3. The van der Waals surface area contributed by atoms with Crippen LogP contribution in [0.3, 0.4) is 0 Å². The third-order valence-electron chi connectivity index (χ3n) is 2.76. The molecule has 7 heteroatoms. The van der Waals surface area contributed by atoms with Crippen LogP contribution in [0, 0.1) is 0 Å². The van der Waals surface area contributed by atoms with Crippen LogP contribution in [0.5, 0.6) is 0 Å². The molecule has 0 rings (SSSR count). The molecule has 6 nitrogen and oxygen atoms in total. The van der Waals surface area contributed by atoms with Gasteiger partial charge < -0.3 is 29.5 Å². The van der Waals surface area contributed by atoms with Crippen LogP contribution < -0.4 is 0 Å². The number of ether oxygens (including phenoxy) is 3. The minimum Gasteiger partial charge on any atom is -0.396 e. The molecule has 0 aromatic rings. The van der Waals surface area contributed by atoms with Gasteiger partial charge in [0.1, 0.15) is 0 Å². The summed E-state index contributed by atoms with van der Waals surface area (Å²) in [6.45, 7) is 9.33. The van der Waals surface area contributed by atoms with Crippen LogP contribution in [-0.2, 0) is 14.2 Å². The molecule has 0 aromatic heterocycles. The van der Waals surface area contributed by atoms with Crippen molar-refractivity contribution < 1.29 is 29.5 Å². The lowest BCUT2D eigenvalue weighted by molar-refractivity contribution is 0.0509. The zero-order chi connectivity index (χ0) is 19.4. The smallest absolute Gasteiger partial charge is 0.0700 e. The Balaban J connectivity index is -0.000000149. The van der Waals surface area contributed by atoms with Gasteiger partial charge in [-0.2, -0.15) is 0 Å². The molecule has 0 aliphatic carbocycles. The third kappa shape index (κ3) is 49.6. The van der Waals surface area contributed by atoms with Crippen molar-refractivity contribution in [1.29, 1.82) is 0 Å². The van der Waals surface area contributed by atoms with Crippen LogP contribution in [0.25, 0.3) is 0 Å². The van der Waals surface area contributed by atoms with Crippen molar-refractivity contribution >= 4 is 15.9 Å². The van der Waals surface area contributed by atoms with E-state index in [1.54, 1.807) is 0 Å². The van der Waals surface area contributed by atoms with E-state index in [4.69, 9.17) is 29.5 Å². The van der Waals surface area contributed by atoms with Crippen molar-refractivity contribution in [2.75, 3.05) is 64.8 Å². The van der Waals surface area contributed by atoms with E-state index in [0.29, 0.717) is 19.8 Å². The average Bonchev–Trinajstić information content (AvgIpc) is 2.64. The highest BCUT2D eigenvalue weighted by molar-refractivity contribution is 9.09. The second kappa shape index (κ2) is 40.1. The topological polar surface area (TPSA) is 88.4 Å². The maximum atomic E-state index is 8.48. The van der Waals surface area contributed by atoms with Gasteiger partial charge in [0, 0.05) is 45.0 Å². The molecule has 0 radical (unpaired) electrons. The first kappa shape index (κ1) is 33.8. The Morgan fingerprint density at radius 2 is 1.00 bits per heavy atom. The summed E-state index contributed by atoms with van der Waals surface area (Å²) in [5.41, 5.74) is 0. The second-order valence-electron chi connectivity index (χ2n) is 4.99. The van der Waals surface area contributed by atoms with Crippen LogP contribution in [0.2, 0.25) is 0 Å². The highest BCUT2D eigenvalue weighted by atomic mass is 79.9. The number of rotatable bonds is 16. The number of aliphatic hydroxyl groups is 3. The molecule has 164 valence electrons. The number of alkyl halides is 1. The maximum absolute atomic E-state index is 8.48. The molecule has 0 saturated carbocycles. The highest BCUT2D eigenvalue weighted by Gasteiger charge is 1.89. The molecule has 0 amide bonds. The minimum atomic E-state index is 0. The molecular formula is C19H45BrO6.